The summed E-state index contributed by atoms with van der Waals surface area (Å²) in [6.45, 7) is 3.72. The number of aryl methyl sites for hydroxylation is 1. The number of benzene rings is 1. The SMILES string of the molecule is Cc1ccccc1OC(C)C(=O)/C=C/N(C)C. The first kappa shape index (κ1) is 13.3. The van der Waals surface area contributed by atoms with Gasteiger partial charge >= 0.3 is 0 Å². The quantitative estimate of drug-likeness (QED) is 0.731. The lowest BCUT2D eigenvalue weighted by atomic mass is 10.2. The van der Waals surface area contributed by atoms with Gasteiger partial charge in [0.2, 0.25) is 0 Å². The smallest absolute Gasteiger partial charge is 0.197 e. The zero-order chi connectivity index (χ0) is 12.8. The van der Waals surface area contributed by atoms with Crippen molar-refractivity contribution in [2.75, 3.05) is 14.1 Å². The van der Waals surface area contributed by atoms with Crippen molar-refractivity contribution in [3.8, 4) is 5.75 Å². The third-order valence-corrected chi connectivity index (χ3v) is 2.33. The minimum atomic E-state index is -0.465. The predicted octanol–water partition coefficient (Wildman–Crippen LogP) is 2.41. The minimum Gasteiger partial charge on any atom is -0.482 e. The molecule has 1 aromatic rings. The van der Waals surface area contributed by atoms with E-state index in [1.54, 1.807) is 13.1 Å². The highest BCUT2D eigenvalue weighted by Crippen LogP contribution is 2.18. The van der Waals surface area contributed by atoms with E-state index in [0.717, 1.165) is 11.3 Å². The number of ether oxygens (including phenoxy) is 1. The summed E-state index contributed by atoms with van der Waals surface area (Å²) in [4.78, 5) is 13.5. The van der Waals surface area contributed by atoms with E-state index in [1.165, 1.54) is 6.08 Å². The molecule has 0 aliphatic heterocycles. The molecule has 0 radical (unpaired) electrons. The van der Waals surface area contributed by atoms with E-state index in [1.807, 2.05) is 50.2 Å². The van der Waals surface area contributed by atoms with E-state index in [9.17, 15) is 4.79 Å². The monoisotopic (exact) mass is 233 g/mol. The van der Waals surface area contributed by atoms with E-state index in [-0.39, 0.29) is 5.78 Å². The highest BCUT2D eigenvalue weighted by Gasteiger charge is 2.12. The lowest BCUT2D eigenvalue weighted by Crippen LogP contribution is -2.22. The van der Waals surface area contributed by atoms with Crippen LogP contribution in [0.2, 0.25) is 0 Å². The molecule has 0 saturated carbocycles. The number of hydrogen-bond acceptors (Lipinski definition) is 3. The lowest BCUT2D eigenvalue weighted by Gasteiger charge is -2.14. The molecule has 1 unspecified atom stereocenters. The van der Waals surface area contributed by atoms with Gasteiger partial charge in [0.1, 0.15) is 5.75 Å². The molecule has 0 saturated heterocycles. The first-order valence-corrected chi connectivity index (χ1v) is 5.61. The van der Waals surface area contributed by atoms with Crippen LogP contribution in [0.3, 0.4) is 0 Å². The van der Waals surface area contributed by atoms with Crippen LogP contribution in [-0.4, -0.2) is 30.9 Å². The molecule has 1 atom stereocenters. The molecule has 17 heavy (non-hydrogen) atoms. The Kier molecular flexibility index (Phi) is 4.76. The summed E-state index contributed by atoms with van der Waals surface area (Å²) in [6, 6.07) is 7.67. The number of ketones is 1. The standard InChI is InChI=1S/C14H19NO2/c1-11-7-5-6-8-14(11)17-12(2)13(16)9-10-15(3)4/h5-10,12H,1-4H3/b10-9+. The molecule has 1 rings (SSSR count). The van der Waals surface area contributed by atoms with Crippen LogP contribution in [-0.2, 0) is 4.79 Å². The number of para-hydroxylation sites is 1. The Labute approximate surface area is 103 Å². The molecule has 3 nitrogen and oxygen atoms in total. The van der Waals surface area contributed by atoms with Gasteiger partial charge in [0.05, 0.1) is 0 Å². The van der Waals surface area contributed by atoms with Gasteiger partial charge in [-0.05, 0) is 25.5 Å². The fraction of sp³-hybridized carbons (Fsp3) is 0.357. The van der Waals surface area contributed by atoms with Gasteiger partial charge in [-0.15, -0.1) is 0 Å². The van der Waals surface area contributed by atoms with E-state index < -0.39 is 6.10 Å². The molecule has 0 spiro atoms. The van der Waals surface area contributed by atoms with Gasteiger partial charge in [-0.25, -0.2) is 0 Å². The fourth-order valence-corrected chi connectivity index (χ4v) is 1.30. The lowest BCUT2D eigenvalue weighted by molar-refractivity contribution is -0.120. The van der Waals surface area contributed by atoms with Crippen LogP contribution in [0.15, 0.2) is 36.5 Å². The van der Waals surface area contributed by atoms with Crippen molar-refractivity contribution >= 4 is 5.78 Å². The van der Waals surface area contributed by atoms with Crippen molar-refractivity contribution < 1.29 is 9.53 Å². The highest BCUT2D eigenvalue weighted by molar-refractivity contribution is 5.93. The van der Waals surface area contributed by atoms with Gasteiger partial charge in [-0.3, -0.25) is 4.79 Å². The highest BCUT2D eigenvalue weighted by atomic mass is 16.5. The number of hydrogen-bond donors (Lipinski definition) is 0. The molecule has 0 heterocycles. The molecule has 3 heteroatoms. The zero-order valence-electron chi connectivity index (χ0n) is 10.8. The summed E-state index contributed by atoms with van der Waals surface area (Å²) in [5, 5.41) is 0. The van der Waals surface area contributed by atoms with Gasteiger partial charge in [0.25, 0.3) is 0 Å². The van der Waals surface area contributed by atoms with Gasteiger partial charge in [0, 0.05) is 26.4 Å². The van der Waals surface area contributed by atoms with Crippen molar-refractivity contribution in [1.82, 2.24) is 4.90 Å². The Bertz CT molecular complexity index is 410. The van der Waals surface area contributed by atoms with Crippen LogP contribution in [0.4, 0.5) is 0 Å². The summed E-state index contributed by atoms with van der Waals surface area (Å²) >= 11 is 0. The normalized spacial score (nSPS) is 12.5. The van der Waals surface area contributed by atoms with Crippen LogP contribution in [0.1, 0.15) is 12.5 Å². The van der Waals surface area contributed by atoms with E-state index in [0.29, 0.717) is 0 Å². The number of nitrogens with zero attached hydrogens (tertiary/aromatic N) is 1. The molecule has 0 aliphatic rings. The van der Waals surface area contributed by atoms with Crippen LogP contribution < -0.4 is 4.74 Å². The van der Waals surface area contributed by atoms with Crippen LogP contribution in [0.25, 0.3) is 0 Å². The maximum atomic E-state index is 11.7. The van der Waals surface area contributed by atoms with Crippen LogP contribution >= 0.6 is 0 Å². The van der Waals surface area contributed by atoms with Gasteiger partial charge in [-0.2, -0.15) is 0 Å². The second kappa shape index (κ2) is 6.09. The Hall–Kier alpha value is -1.77. The Balaban J connectivity index is 2.63. The molecular formula is C14H19NO2. The third kappa shape index (κ3) is 4.31. The largest absolute Gasteiger partial charge is 0.482 e. The molecule has 92 valence electrons. The molecule has 0 aromatic heterocycles. The predicted molar refractivity (Wildman–Crippen MR) is 69.1 cm³/mol. The van der Waals surface area contributed by atoms with E-state index in [4.69, 9.17) is 4.74 Å². The zero-order valence-corrected chi connectivity index (χ0v) is 10.8. The Morgan fingerprint density at radius 3 is 2.59 bits per heavy atom. The molecule has 0 N–H and O–H groups in total. The topological polar surface area (TPSA) is 29.5 Å². The van der Waals surface area contributed by atoms with E-state index in [2.05, 4.69) is 0 Å². The number of carbonyl (C=O) groups excluding carboxylic acids is 1. The molecule has 0 fully saturated rings. The molecule has 0 aliphatic carbocycles. The first-order valence-electron chi connectivity index (χ1n) is 5.61. The fourth-order valence-electron chi connectivity index (χ4n) is 1.30. The summed E-state index contributed by atoms with van der Waals surface area (Å²) < 4.78 is 5.62. The van der Waals surface area contributed by atoms with Crippen LogP contribution in [0, 0.1) is 6.92 Å². The van der Waals surface area contributed by atoms with Crippen molar-refractivity contribution in [2.24, 2.45) is 0 Å². The second-order valence-electron chi connectivity index (χ2n) is 4.21. The minimum absolute atomic E-state index is 0.0399. The average Bonchev–Trinajstić information content (AvgIpc) is 2.28. The van der Waals surface area contributed by atoms with E-state index >= 15 is 0 Å². The average molecular weight is 233 g/mol. The van der Waals surface area contributed by atoms with Crippen LogP contribution in [0.5, 0.6) is 5.75 Å². The van der Waals surface area contributed by atoms with Crippen molar-refractivity contribution in [3.63, 3.8) is 0 Å². The number of rotatable bonds is 5. The van der Waals surface area contributed by atoms with Gasteiger partial charge in [0.15, 0.2) is 11.9 Å². The summed E-state index contributed by atoms with van der Waals surface area (Å²) in [5.74, 6) is 0.716. The Morgan fingerprint density at radius 1 is 1.35 bits per heavy atom. The number of carbonyl (C=O) groups is 1. The van der Waals surface area contributed by atoms with Crippen molar-refractivity contribution in [3.05, 3.63) is 42.1 Å². The summed E-state index contributed by atoms with van der Waals surface area (Å²) in [5.41, 5.74) is 1.03. The van der Waals surface area contributed by atoms with Crippen molar-refractivity contribution in [1.29, 1.82) is 0 Å². The molecule has 1 aromatic carbocycles. The molecule has 0 bridgehead atoms. The molecule has 0 amide bonds. The second-order valence-corrected chi connectivity index (χ2v) is 4.21. The van der Waals surface area contributed by atoms with Gasteiger partial charge in [-0.1, -0.05) is 18.2 Å². The summed E-state index contributed by atoms with van der Waals surface area (Å²) in [7, 11) is 3.74. The molecular weight excluding hydrogens is 214 g/mol. The summed E-state index contributed by atoms with van der Waals surface area (Å²) in [6.07, 6.45) is 2.79. The Morgan fingerprint density at radius 2 is 2.00 bits per heavy atom. The maximum Gasteiger partial charge on any atom is 0.197 e. The van der Waals surface area contributed by atoms with Crippen molar-refractivity contribution in [2.45, 2.75) is 20.0 Å². The third-order valence-electron chi connectivity index (χ3n) is 2.33. The maximum absolute atomic E-state index is 11.7. The van der Waals surface area contributed by atoms with Gasteiger partial charge < -0.3 is 9.64 Å². The first-order chi connectivity index (χ1) is 8.00.